The number of amides is 1. The van der Waals surface area contributed by atoms with Gasteiger partial charge in [-0.15, -0.1) is 11.3 Å². The van der Waals surface area contributed by atoms with E-state index in [1.54, 1.807) is 18.4 Å². The molecule has 3 nitrogen and oxygen atoms in total. The highest BCUT2D eigenvalue weighted by Gasteiger charge is 2.14. The number of anilines is 1. The first-order valence-electron chi connectivity index (χ1n) is 5.50. The SMILES string of the molecule is CN(Cc1csc(Br)c1)C(=O)c1cc(N)cc(F)c1. The summed E-state index contributed by atoms with van der Waals surface area (Å²) in [5, 5.41) is 1.97. The third kappa shape index (κ3) is 3.54. The van der Waals surface area contributed by atoms with E-state index in [0.29, 0.717) is 6.54 Å². The van der Waals surface area contributed by atoms with Crippen LogP contribution >= 0.6 is 27.3 Å². The van der Waals surface area contributed by atoms with Crippen LogP contribution in [0.3, 0.4) is 0 Å². The molecule has 0 aliphatic carbocycles. The lowest BCUT2D eigenvalue weighted by Crippen LogP contribution is -2.26. The second kappa shape index (κ2) is 5.71. The van der Waals surface area contributed by atoms with Crippen LogP contribution in [0.2, 0.25) is 0 Å². The van der Waals surface area contributed by atoms with Crippen molar-refractivity contribution in [1.82, 2.24) is 4.90 Å². The zero-order chi connectivity index (χ0) is 14.0. The summed E-state index contributed by atoms with van der Waals surface area (Å²) in [7, 11) is 1.68. The summed E-state index contributed by atoms with van der Waals surface area (Å²) < 4.78 is 14.2. The van der Waals surface area contributed by atoms with Gasteiger partial charge in [0.15, 0.2) is 0 Å². The average molecular weight is 343 g/mol. The molecule has 1 aromatic carbocycles. The monoisotopic (exact) mass is 342 g/mol. The molecule has 0 radical (unpaired) electrons. The molecule has 0 bridgehead atoms. The van der Waals surface area contributed by atoms with Gasteiger partial charge in [-0.1, -0.05) is 0 Å². The van der Waals surface area contributed by atoms with Crippen LogP contribution in [0.5, 0.6) is 0 Å². The predicted octanol–water partition coefficient (Wildman–Crippen LogP) is 3.50. The topological polar surface area (TPSA) is 46.3 Å². The van der Waals surface area contributed by atoms with Gasteiger partial charge in [0.25, 0.3) is 5.91 Å². The summed E-state index contributed by atoms with van der Waals surface area (Å²) >= 11 is 4.93. The number of halogens is 2. The summed E-state index contributed by atoms with van der Waals surface area (Å²) in [5.74, 6) is -0.761. The molecular formula is C13H12BrFN2OS. The third-order valence-electron chi connectivity index (χ3n) is 2.56. The van der Waals surface area contributed by atoms with Crippen LogP contribution < -0.4 is 5.73 Å². The number of hydrogen-bond acceptors (Lipinski definition) is 3. The van der Waals surface area contributed by atoms with E-state index in [9.17, 15) is 9.18 Å². The van der Waals surface area contributed by atoms with Crippen molar-refractivity contribution in [2.75, 3.05) is 12.8 Å². The van der Waals surface area contributed by atoms with E-state index < -0.39 is 5.82 Å². The van der Waals surface area contributed by atoms with E-state index >= 15 is 0 Å². The number of carbonyl (C=O) groups is 1. The standard InChI is InChI=1S/C13H12BrFN2OS/c1-17(6-8-2-12(14)19-7-8)13(18)9-3-10(15)5-11(16)4-9/h2-5,7H,6,16H2,1H3. The molecule has 2 rings (SSSR count). The van der Waals surface area contributed by atoms with Crippen LogP contribution in [0.25, 0.3) is 0 Å². The molecule has 0 aliphatic heterocycles. The number of benzene rings is 1. The minimum absolute atomic E-state index is 0.245. The summed E-state index contributed by atoms with van der Waals surface area (Å²) in [6.07, 6.45) is 0. The quantitative estimate of drug-likeness (QED) is 0.867. The Bertz CT molecular complexity index is 594. The Labute approximate surface area is 123 Å². The Balaban J connectivity index is 2.14. The van der Waals surface area contributed by atoms with Crippen molar-refractivity contribution in [2.24, 2.45) is 0 Å². The molecule has 1 aromatic heterocycles. The Morgan fingerprint density at radius 1 is 1.42 bits per heavy atom. The van der Waals surface area contributed by atoms with Crippen molar-refractivity contribution >= 4 is 38.9 Å². The lowest BCUT2D eigenvalue weighted by atomic mass is 10.1. The molecule has 0 spiro atoms. The molecule has 2 N–H and O–H groups in total. The van der Waals surface area contributed by atoms with E-state index in [2.05, 4.69) is 15.9 Å². The molecule has 19 heavy (non-hydrogen) atoms. The fourth-order valence-corrected chi connectivity index (χ4v) is 2.93. The second-order valence-corrected chi connectivity index (χ2v) is 6.48. The zero-order valence-electron chi connectivity index (χ0n) is 10.2. The van der Waals surface area contributed by atoms with Gasteiger partial charge in [-0.2, -0.15) is 0 Å². The summed E-state index contributed by atoms with van der Waals surface area (Å²) in [5.41, 5.74) is 7.07. The first-order chi connectivity index (χ1) is 8.95. The second-order valence-electron chi connectivity index (χ2n) is 4.19. The van der Waals surface area contributed by atoms with Gasteiger partial charge in [-0.3, -0.25) is 4.79 Å². The normalized spacial score (nSPS) is 10.5. The highest BCUT2D eigenvalue weighted by molar-refractivity contribution is 9.11. The Hall–Kier alpha value is -1.40. The first kappa shape index (κ1) is 14.0. The smallest absolute Gasteiger partial charge is 0.254 e. The van der Waals surface area contributed by atoms with Crippen LogP contribution in [-0.4, -0.2) is 17.9 Å². The van der Waals surface area contributed by atoms with Gasteiger partial charge in [0.2, 0.25) is 0 Å². The van der Waals surface area contributed by atoms with E-state index in [-0.39, 0.29) is 17.2 Å². The van der Waals surface area contributed by atoms with Crippen LogP contribution in [0.4, 0.5) is 10.1 Å². The number of nitrogens with two attached hydrogens (primary N) is 1. The maximum Gasteiger partial charge on any atom is 0.254 e. The molecule has 0 saturated heterocycles. The summed E-state index contributed by atoms with van der Waals surface area (Å²) in [6.45, 7) is 0.470. The van der Waals surface area contributed by atoms with Crippen molar-refractivity contribution in [3.8, 4) is 0 Å². The number of nitrogen functional groups attached to an aromatic ring is 1. The molecule has 1 heterocycles. The van der Waals surface area contributed by atoms with E-state index in [0.717, 1.165) is 9.35 Å². The number of nitrogens with zero attached hydrogens (tertiary/aromatic N) is 1. The lowest BCUT2D eigenvalue weighted by Gasteiger charge is -2.16. The number of carbonyl (C=O) groups excluding carboxylic acids is 1. The van der Waals surface area contributed by atoms with Crippen LogP contribution in [0.1, 0.15) is 15.9 Å². The minimum atomic E-state index is -0.505. The molecule has 0 unspecified atom stereocenters. The molecular weight excluding hydrogens is 331 g/mol. The molecule has 0 aliphatic rings. The average Bonchev–Trinajstić information content (AvgIpc) is 2.72. The van der Waals surface area contributed by atoms with Gasteiger partial charge in [0, 0.05) is 24.8 Å². The number of rotatable bonds is 3. The highest BCUT2D eigenvalue weighted by atomic mass is 79.9. The maximum atomic E-state index is 13.2. The molecule has 2 aromatic rings. The van der Waals surface area contributed by atoms with Gasteiger partial charge in [-0.05, 0) is 51.1 Å². The largest absolute Gasteiger partial charge is 0.399 e. The molecule has 0 fully saturated rings. The van der Waals surface area contributed by atoms with Crippen LogP contribution in [-0.2, 0) is 6.54 Å². The van der Waals surface area contributed by atoms with Gasteiger partial charge in [-0.25, -0.2) is 4.39 Å². The summed E-state index contributed by atoms with van der Waals surface area (Å²) in [6, 6.07) is 5.81. The third-order valence-corrected chi connectivity index (χ3v) is 4.11. The Morgan fingerprint density at radius 3 is 2.74 bits per heavy atom. The molecule has 100 valence electrons. The van der Waals surface area contributed by atoms with Gasteiger partial charge in [0.1, 0.15) is 5.82 Å². The number of thiophene rings is 1. The van der Waals surface area contributed by atoms with Gasteiger partial charge < -0.3 is 10.6 Å². The van der Waals surface area contributed by atoms with Gasteiger partial charge >= 0.3 is 0 Å². The van der Waals surface area contributed by atoms with E-state index in [1.165, 1.54) is 23.1 Å². The van der Waals surface area contributed by atoms with Crippen molar-refractivity contribution in [3.05, 3.63) is 50.4 Å². The lowest BCUT2D eigenvalue weighted by molar-refractivity contribution is 0.0785. The van der Waals surface area contributed by atoms with Crippen molar-refractivity contribution in [3.63, 3.8) is 0 Å². The minimum Gasteiger partial charge on any atom is -0.399 e. The number of hydrogen-bond donors (Lipinski definition) is 1. The Morgan fingerprint density at radius 2 is 2.16 bits per heavy atom. The fraction of sp³-hybridized carbons (Fsp3) is 0.154. The first-order valence-corrected chi connectivity index (χ1v) is 7.17. The molecule has 1 amide bonds. The van der Waals surface area contributed by atoms with E-state index in [1.807, 2.05) is 11.4 Å². The highest BCUT2D eigenvalue weighted by Crippen LogP contribution is 2.22. The molecule has 0 saturated carbocycles. The van der Waals surface area contributed by atoms with Crippen LogP contribution in [0.15, 0.2) is 33.4 Å². The molecule has 6 heteroatoms. The van der Waals surface area contributed by atoms with Crippen molar-refractivity contribution in [1.29, 1.82) is 0 Å². The van der Waals surface area contributed by atoms with Crippen LogP contribution in [0, 0.1) is 5.82 Å². The fourth-order valence-electron chi connectivity index (χ4n) is 1.73. The maximum absolute atomic E-state index is 13.2. The van der Waals surface area contributed by atoms with Crippen molar-refractivity contribution in [2.45, 2.75) is 6.54 Å². The van der Waals surface area contributed by atoms with Crippen molar-refractivity contribution < 1.29 is 9.18 Å². The van der Waals surface area contributed by atoms with E-state index in [4.69, 9.17) is 5.73 Å². The summed E-state index contributed by atoms with van der Waals surface area (Å²) in [4.78, 5) is 13.7. The molecule has 0 atom stereocenters. The van der Waals surface area contributed by atoms with Gasteiger partial charge in [0.05, 0.1) is 3.79 Å². The zero-order valence-corrected chi connectivity index (χ0v) is 12.6. The predicted molar refractivity (Wildman–Crippen MR) is 78.6 cm³/mol. The Kier molecular flexibility index (Phi) is 4.21.